The van der Waals surface area contributed by atoms with Gasteiger partial charge in [0, 0.05) is 60.4 Å². The number of morpholine rings is 1. The van der Waals surface area contributed by atoms with Gasteiger partial charge in [0.2, 0.25) is 11.8 Å². The molecule has 1 amide bonds. The Kier molecular flexibility index (Phi) is 10.2. The summed E-state index contributed by atoms with van der Waals surface area (Å²) in [5.74, 6) is 0.683. The predicted molar refractivity (Wildman–Crippen MR) is 195 cm³/mol. The quantitative estimate of drug-likeness (QED) is 0.155. The number of amides is 1. The number of rotatable bonds is 10. The molecule has 5 heterocycles. The number of pyridine rings is 1. The third kappa shape index (κ3) is 7.53. The molecule has 280 valence electrons. The lowest BCUT2D eigenvalue weighted by Crippen LogP contribution is -2.38. The number of ketones is 1. The number of ether oxygens (including phenoxy) is 3. The van der Waals surface area contributed by atoms with Crippen LogP contribution in [0.3, 0.4) is 0 Å². The minimum atomic E-state index is -4.56. The van der Waals surface area contributed by atoms with Gasteiger partial charge >= 0.3 is 12.3 Å². The number of aromatic nitrogens is 3. The topological polar surface area (TPSA) is 132 Å². The van der Waals surface area contributed by atoms with Crippen LogP contribution in [0.2, 0.25) is 0 Å². The molecule has 15 heteroatoms. The first-order valence-corrected chi connectivity index (χ1v) is 17.5. The van der Waals surface area contributed by atoms with Crippen molar-refractivity contribution in [1.82, 2.24) is 19.9 Å². The van der Waals surface area contributed by atoms with Gasteiger partial charge in [-0.25, -0.2) is 19.7 Å². The minimum Gasteiger partial charge on any atom is -0.481 e. The number of anilines is 1. The number of carbonyl (C=O) groups is 2. The number of Topliss-reactive ketones (excluding diaryl/α,β-unsaturated/α-hetero) is 1. The highest BCUT2D eigenvalue weighted by Crippen LogP contribution is 2.40. The Bertz CT molecular complexity index is 2170. The van der Waals surface area contributed by atoms with Crippen molar-refractivity contribution in [3.05, 3.63) is 88.4 Å². The molecule has 2 aromatic heterocycles. The Labute approximate surface area is 309 Å². The lowest BCUT2D eigenvalue weighted by molar-refractivity contribution is -0.137. The van der Waals surface area contributed by atoms with E-state index in [-0.39, 0.29) is 24.3 Å². The van der Waals surface area contributed by atoms with Crippen LogP contribution in [0, 0.1) is 13.8 Å². The van der Waals surface area contributed by atoms with E-state index in [0.29, 0.717) is 72.5 Å². The molecule has 0 N–H and O–H groups in total. The Hall–Kier alpha value is -5.70. The molecule has 54 heavy (non-hydrogen) atoms. The first-order valence-electron chi connectivity index (χ1n) is 17.5. The lowest BCUT2D eigenvalue weighted by atomic mass is 9.94. The third-order valence-corrected chi connectivity index (χ3v) is 9.78. The summed E-state index contributed by atoms with van der Waals surface area (Å²) in [4.78, 5) is 44.2. The summed E-state index contributed by atoms with van der Waals surface area (Å²) in [6.45, 7) is 7.33. The van der Waals surface area contributed by atoms with Crippen LogP contribution in [-0.2, 0) is 22.2 Å². The van der Waals surface area contributed by atoms with E-state index in [0.717, 1.165) is 34.5 Å². The number of nitrogens with zero attached hydrogens (tertiary/aromatic N) is 7. The van der Waals surface area contributed by atoms with Crippen molar-refractivity contribution in [1.29, 1.82) is 0 Å². The normalized spacial score (nSPS) is 18.6. The Balaban J connectivity index is 1.24. The summed E-state index contributed by atoms with van der Waals surface area (Å²) >= 11 is 0. The standard InChI is InChI=1S/C39H38F3N7O5/c1-22-13-26(16-28(14-22)39(40,41)42)35-24(3)49(38(51)54-35)21-33-32(20-44-37(46-33)48-9-11-53-12-10-48)31-17-27(19-43-36(31)52-4)30-6-5-25(15-23(30)2)34(50)18-29-7-8-45-47-29/h5-6,8,13-17,19-20,24,35H,7,9-12,18,21H2,1-4H3/t24-,35-/m0/s1. The maximum absolute atomic E-state index is 13.7. The van der Waals surface area contributed by atoms with Gasteiger partial charge in [-0.1, -0.05) is 23.8 Å². The summed E-state index contributed by atoms with van der Waals surface area (Å²) in [6.07, 6.45) is -0.404. The van der Waals surface area contributed by atoms with Gasteiger partial charge in [0.15, 0.2) is 5.78 Å². The van der Waals surface area contributed by atoms with Crippen molar-refractivity contribution < 1.29 is 37.0 Å². The van der Waals surface area contributed by atoms with Crippen LogP contribution in [0.5, 0.6) is 5.88 Å². The average molecular weight is 742 g/mol. The number of carbonyl (C=O) groups excluding carboxylic acids is 2. The van der Waals surface area contributed by atoms with Crippen LogP contribution in [-0.4, -0.2) is 83.1 Å². The molecule has 2 fully saturated rings. The van der Waals surface area contributed by atoms with Crippen LogP contribution < -0.4 is 9.64 Å². The van der Waals surface area contributed by atoms with Gasteiger partial charge in [-0.15, -0.1) is 0 Å². The second kappa shape index (κ2) is 15.0. The lowest BCUT2D eigenvalue weighted by Gasteiger charge is -2.28. The zero-order chi connectivity index (χ0) is 38.1. The molecule has 7 rings (SSSR count). The molecule has 0 bridgehead atoms. The molecule has 4 aromatic rings. The fourth-order valence-corrected chi connectivity index (χ4v) is 6.95. The van der Waals surface area contributed by atoms with Crippen molar-refractivity contribution >= 4 is 29.8 Å². The van der Waals surface area contributed by atoms with Gasteiger partial charge in [-0.3, -0.25) is 9.69 Å². The first kappa shape index (κ1) is 36.6. The third-order valence-electron chi connectivity index (χ3n) is 9.78. The van der Waals surface area contributed by atoms with Gasteiger partial charge in [-0.05, 0) is 61.7 Å². The van der Waals surface area contributed by atoms with Crippen molar-refractivity contribution in [2.24, 2.45) is 10.2 Å². The van der Waals surface area contributed by atoms with Crippen LogP contribution in [0.4, 0.5) is 23.9 Å². The van der Waals surface area contributed by atoms with E-state index < -0.39 is 30.0 Å². The van der Waals surface area contributed by atoms with Crippen LogP contribution in [0.15, 0.2) is 65.1 Å². The SMILES string of the molecule is COc1ncc(-c2ccc(C(=O)CC3=NN=CC3)cc2C)cc1-c1cnc(N2CCOCC2)nc1CN1C(=O)O[C@H](c2cc(C)cc(C(F)(F)F)c2)[C@@H]1C. The summed E-state index contributed by atoms with van der Waals surface area (Å²) in [6, 6.07) is 10.5. The number of hydrogen-bond donors (Lipinski definition) is 0. The van der Waals surface area contributed by atoms with Crippen LogP contribution in [0.25, 0.3) is 22.3 Å². The summed E-state index contributed by atoms with van der Waals surface area (Å²) < 4.78 is 58.2. The van der Waals surface area contributed by atoms with Gasteiger partial charge < -0.3 is 19.1 Å². The molecule has 2 saturated heterocycles. The van der Waals surface area contributed by atoms with Gasteiger partial charge in [0.05, 0.1) is 56.3 Å². The van der Waals surface area contributed by atoms with Gasteiger partial charge in [0.1, 0.15) is 6.10 Å². The van der Waals surface area contributed by atoms with Gasteiger partial charge in [-0.2, -0.15) is 23.4 Å². The highest BCUT2D eigenvalue weighted by atomic mass is 19.4. The van der Waals surface area contributed by atoms with E-state index in [2.05, 4.69) is 15.2 Å². The van der Waals surface area contributed by atoms with Crippen molar-refractivity contribution in [2.75, 3.05) is 38.3 Å². The molecule has 2 atom stereocenters. The molecular formula is C39H38F3N7O5. The second-order valence-electron chi connectivity index (χ2n) is 13.5. The molecular weight excluding hydrogens is 703 g/mol. The molecule has 12 nitrogen and oxygen atoms in total. The molecule has 0 spiro atoms. The Morgan fingerprint density at radius 1 is 1.00 bits per heavy atom. The van der Waals surface area contributed by atoms with E-state index in [9.17, 15) is 22.8 Å². The number of cyclic esters (lactones) is 1. The molecule has 3 aliphatic rings. The fraction of sp³-hybridized carbons (Fsp3) is 0.359. The van der Waals surface area contributed by atoms with Gasteiger partial charge in [0.25, 0.3) is 0 Å². The van der Waals surface area contributed by atoms with Crippen LogP contribution in [0.1, 0.15) is 64.2 Å². The molecule has 0 aliphatic carbocycles. The molecule has 2 aromatic carbocycles. The largest absolute Gasteiger partial charge is 0.481 e. The van der Waals surface area contributed by atoms with E-state index in [1.807, 2.05) is 30.0 Å². The van der Waals surface area contributed by atoms with E-state index in [4.69, 9.17) is 24.2 Å². The summed E-state index contributed by atoms with van der Waals surface area (Å²) in [5, 5.41) is 7.86. The second-order valence-corrected chi connectivity index (χ2v) is 13.5. The molecule has 3 aliphatic heterocycles. The van der Waals surface area contributed by atoms with E-state index in [1.165, 1.54) is 12.0 Å². The minimum absolute atomic E-state index is 0.0385. The highest BCUT2D eigenvalue weighted by Gasteiger charge is 2.42. The first-order chi connectivity index (χ1) is 25.9. The Morgan fingerprint density at radius 3 is 2.50 bits per heavy atom. The number of hydrogen-bond acceptors (Lipinski definition) is 11. The summed E-state index contributed by atoms with van der Waals surface area (Å²) in [5.41, 5.74) is 5.14. The highest BCUT2D eigenvalue weighted by molar-refractivity contribution is 6.13. The zero-order valence-electron chi connectivity index (χ0n) is 30.2. The molecule has 0 radical (unpaired) electrons. The fourth-order valence-electron chi connectivity index (χ4n) is 6.95. The number of halogens is 3. The van der Waals surface area contributed by atoms with E-state index >= 15 is 0 Å². The number of benzene rings is 2. The van der Waals surface area contributed by atoms with Crippen molar-refractivity contribution in [3.8, 4) is 28.1 Å². The van der Waals surface area contributed by atoms with Crippen LogP contribution >= 0.6 is 0 Å². The monoisotopic (exact) mass is 741 g/mol. The van der Waals surface area contributed by atoms with E-state index in [1.54, 1.807) is 44.6 Å². The maximum Gasteiger partial charge on any atom is 0.416 e. The zero-order valence-corrected chi connectivity index (χ0v) is 30.2. The molecule has 0 unspecified atom stereocenters. The number of methoxy groups -OCH3 is 1. The number of alkyl halides is 3. The average Bonchev–Trinajstić information content (AvgIpc) is 3.78. The molecule has 0 saturated carbocycles. The summed E-state index contributed by atoms with van der Waals surface area (Å²) in [7, 11) is 1.50. The number of aryl methyl sites for hydroxylation is 2. The smallest absolute Gasteiger partial charge is 0.416 e. The van der Waals surface area contributed by atoms with Crippen molar-refractivity contribution in [3.63, 3.8) is 0 Å². The maximum atomic E-state index is 13.7. The predicted octanol–water partition coefficient (Wildman–Crippen LogP) is 7.17. The Morgan fingerprint density at radius 2 is 1.80 bits per heavy atom. The van der Waals surface area contributed by atoms with Crippen molar-refractivity contribution in [2.45, 2.75) is 58.5 Å².